The summed E-state index contributed by atoms with van der Waals surface area (Å²) in [5, 5.41) is 8.69. The molecule has 0 bridgehead atoms. The van der Waals surface area contributed by atoms with Gasteiger partial charge in [-0.1, -0.05) is 17.7 Å². The smallest absolute Gasteiger partial charge is 0.325 e. The van der Waals surface area contributed by atoms with Crippen molar-refractivity contribution < 1.29 is 14.3 Å². The SMILES string of the molecule is Cc1ccc(F)c(C(N)C(=O)O)c1Cl. The molecular formula is C9H9ClFNO2. The van der Waals surface area contributed by atoms with Crippen molar-refractivity contribution in [1.29, 1.82) is 0 Å². The number of nitrogens with two attached hydrogens (primary N) is 1. The van der Waals surface area contributed by atoms with Crippen molar-refractivity contribution in [3.8, 4) is 0 Å². The third kappa shape index (κ3) is 1.86. The van der Waals surface area contributed by atoms with Crippen LogP contribution in [-0.4, -0.2) is 11.1 Å². The lowest BCUT2D eigenvalue weighted by atomic mass is 10.0. The van der Waals surface area contributed by atoms with Crippen LogP contribution in [0.1, 0.15) is 17.2 Å². The zero-order valence-corrected chi connectivity index (χ0v) is 8.18. The summed E-state index contributed by atoms with van der Waals surface area (Å²) in [6.07, 6.45) is 0. The number of aryl methyl sites for hydroxylation is 1. The van der Waals surface area contributed by atoms with E-state index in [2.05, 4.69) is 0 Å². The highest BCUT2D eigenvalue weighted by Gasteiger charge is 2.22. The summed E-state index contributed by atoms with van der Waals surface area (Å²) in [5.41, 5.74) is 5.71. The number of hydrogen-bond donors (Lipinski definition) is 2. The molecule has 1 aromatic rings. The van der Waals surface area contributed by atoms with E-state index in [1.54, 1.807) is 6.92 Å². The van der Waals surface area contributed by atoms with Gasteiger partial charge in [0.2, 0.25) is 0 Å². The molecule has 0 spiro atoms. The van der Waals surface area contributed by atoms with Gasteiger partial charge in [0.1, 0.15) is 11.9 Å². The monoisotopic (exact) mass is 217 g/mol. The number of hydrogen-bond acceptors (Lipinski definition) is 2. The van der Waals surface area contributed by atoms with Gasteiger partial charge in [0.05, 0.1) is 5.02 Å². The fourth-order valence-corrected chi connectivity index (χ4v) is 1.36. The van der Waals surface area contributed by atoms with E-state index in [1.165, 1.54) is 6.07 Å². The van der Waals surface area contributed by atoms with Gasteiger partial charge < -0.3 is 10.8 Å². The third-order valence-corrected chi connectivity index (χ3v) is 2.40. The quantitative estimate of drug-likeness (QED) is 0.795. The Morgan fingerprint density at radius 2 is 2.21 bits per heavy atom. The van der Waals surface area contributed by atoms with Crippen LogP contribution in [0.4, 0.5) is 4.39 Å². The van der Waals surface area contributed by atoms with Gasteiger partial charge in [-0.2, -0.15) is 0 Å². The van der Waals surface area contributed by atoms with Crippen molar-refractivity contribution in [2.45, 2.75) is 13.0 Å². The molecule has 0 saturated heterocycles. The van der Waals surface area contributed by atoms with E-state index in [4.69, 9.17) is 22.4 Å². The molecule has 1 rings (SSSR count). The van der Waals surface area contributed by atoms with E-state index >= 15 is 0 Å². The second-order valence-electron chi connectivity index (χ2n) is 2.91. The maximum Gasteiger partial charge on any atom is 0.325 e. The average molecular weight is 218 g/mol. The molecule has 1 aromatic carbocycles. The van der Waals surface area contributed by atoms with Crippen molar-refractivity contribution in [3.63, 3.8) is 0 Å². The van der Waals surface area contributed by atoms with Gasteiger partial charge in [-0.25, -0.2) is 4.39 Å². The van der Waals surface area contributed by atoms with E-state index in [9.17, 15) is 9.18 Å². The first-order valence-corrected chi connectivity index (χ1v) is 4.26. The molecular weight excluding hydrogens is 209 g/mol. The minimum Gasteiger partial charge on any atom is -0.480 e. The first kappa shape index (κ1) is 10.9. The molecule has 76 valence electrons. The molecule has 0 saturated carbocycles. The first-order valence-electron chi connectivity index (χ1n) is 3.88. The summed E-state index contributed by atoms with van der Waals surface area (Å²) in [5.74, 6) is -2.01. The van der Waals surface area contributed by atoms with Gasteiger partial charge in [0.25, 0.3) is 0 Å². The topological polar surface area (TPSA) is 63.3 Å². The molecule has 0 aromatic heterocycles. The number of aliphatic carboxylic acids is 1. The Balaban J connectivity index is 3.32. The summed E-state index contributed by atoms with van der Waals surface area (Å²) >= 11 is 5.75. The van der Waals surface area contributed by atoms with Gasteiger partial charge >= 0.3 is 5.97 Å². The van der Waals surface area contributed by atoms with E-state index < -0.39 is 17.8 Å². The van der Waals surface area contributed by atoms with Gasteiger partial charge in [0, 0.05) is 5.56 Å². The third-order valence-electron chi connectivity index (χ3n) is 1.90. The zero-order valence-electron chi connectivity index (χ0n) is 7.42. The zero-order chi connectivity index (χ0) is 10.9. The molecule has 0 radical (unpaired) electrons. The first-order chi connectivity index (χ1) is 6.45. The van der Waals surface area contributed by atoms with E-state index in [-0.39, 0.29) is 10.6 Å². The lowest BCUT2D eigenvalue weighted by Gasteiger charge is -2.11. The maximum absolute atomic E-state index is 13.2. The Labute approximate surface area is 85.3 Å². The summed E-state index contributed by atoms with van der Waals surface area (Å²) in [7, 11) is 0. The molecule has 1 atom stereocenters. The van der Waals surface area contributed by atoms with Crippen LogP contribution in [0.5, 0.6) is 0 Å². The number of carboxylic acid groups (broad SMARTS) is 1. The second kappa shape index (κ2) is 3.94. The molecule has 0 heterocycles. The highest BCUT2D eigenvalue weighted by Crippen LogP contribution is 2.27. The fraction of sp³-hybridized carbons (Fsp3) is 0.222. The van der Waals surface area contributed by atoms with Crippen molar-refractivity contribution in [2.75, 3.05) is 0 Å². The van der Waals surface area contributed by atoms with Gasteiger partial charge in [-0.3, -0.25) is 4.79 Å². The van der Waals surface area contributed by atoms with E-state index in [0.717, 1.165) is 6.07 Å². The van der Waals surface area contributed by atoms with Crippen molar-refractivity contribution in [3.05, 3.63) is 34.1 Å². The molecule has 3 N–H and O–H groups in total. The maximum atomic E-state index is 13.2. The predicted octanol–water partition coefficient (Wildman–Crippen LogP) is 1.87. The minimum absolute atomic E-state index is 0.0694. The molecule has 14 heavy (non-hydrogen) atoms. The number of benzene rings is 1. The highest BCUT2D eigenvalue weighted by molar-refractivity contribution is 6.32. The Morgan fingerprint density at radius 3 is 2.71 bits per heavy atom. The number of halogens is 2. The normalized spacial score (nSPS) is 12.6. The molecule has 3 nitrogen and oxygen atoms in total. The minimum atomic E-state index is -1.43. The predicted molar refractivity (Wildman–Crippen MR) is 50.7 cm³/mol. The number of carbonyl (C=O) groups is 1. The summed E-state index contributed by atoms with van der Waals surface area (Å²) in [4.78, 5) is 10.6. The van der Waals surface area contributed by atoms with Crippen LogP contribution in [0, 0.1) is 12.7 Å². The lowest BCUT2D eigenvalue weighted by Crippen LogP contribution is -2.22. The summed E-state index contributed by atoms with van der Waals surface area (Å²) < 4.78 is 13.2. The van der Waals surface area contributed by atoms with Crippen molar-refractivity contribution >= 4 is 17.6 Å². The van der Waals surface area contributed by atoms with Crippen LogP contribution in [0.3, 0.4) is 0 Å². The van der Waals surface area contributed by atoms with Crippen molar-refractivity contribution in [2.24, 2.45) is 5.73 Å². The van der Waals surface area contributed by atoms with Gasteiger partial charge in [-0.15, -0.1) is 0 Å². The summed E-state index contributed by atoms with van der Waals surface area (Å²) in [6, 6.07) is 1.19. The molecule has 0 aliphatic rings. The lowest BCUT2D eigenvalue weighted by molar-refractivity contribution is -0.138. The molecule has 0 amide bonds. The molecule has 0 aliphatic carbocycles. The van der Waals surface area contributed by atoms with Crippen LogP contribution in [0.25, 0.3) is 0 Å². The Bertz CT molecular complexity index is 381. The van der Waals surface area contributed by atoms with Gasteiger partial charge in [-0.05, 0) is 18.6 Å². The summed E-state index contributed by atoms with van der Waals surface area (Å²) in [6.45, 7) is 1.65. The highest BCUT2D eigenvalue weighted by atomic mass is 35.5. The van der Waals surface area contributed by atoms with E-state index in [0.29, 0.717) is 5.56 Å². The van der Waals surface area contributed by atoms with Crippen LogP contribution in [0.2, 0.25) is 5.02 Å². The molecule has 1 unspecified atom stereocenters. The van der Waals surface area contributed by atoms with Crippen LogP contribution >= 0.6 is 11.6 Å². The Kier molecular flexibility index (Phi) is 3.08. The van der Waals surface area contributed by atoms with Crippen LogP contribution in [-0.2, 0) is 4.79 Å². The Morgan fingerprint density at radius 1 is 1.64 bits per heavy atom. The Hall–Kier alpha value is -1.13. The van der Waals surface area contributed by atoms with Gasteiger partial charge in [0.15, 0.2) is 0 Å². The van der Waals surface area contributed by atoms with Crippen LogP contribution in [0.15, 0.2) is 12.1 Å². The standard InChI is InChI=1S/C9H9ClFNO2/c1-4-2-3-5(11)6(7(4)10)8(12)9(13)14/h2-3,8H,12H2,1H3,(H,13,14). The second-order valence-corrected chi connectivity index (χ2v) is 3.29. The van der Waals surface area contributed by atoms with Crippen molar-refractivity contribution in [1.82, 2.24) is 0 Å². The number of rotatable bonds is 2. The largest absolute Gasteiger partial charge is 0.480 e. The molecule has 0 aliphatic heterocycles. The molecule has 0 fully saturated rings. The fourth-order valence-electron chi connectivity index (χ4n) is 1.09. The van der Waals surface area contributed by atoms with Crippen LogP contribution < -0.4 is 5.73 Å². The number of carboxylic acids is 1. The molecule has 5 heteroatoms. The van der Waals surface area contributed by atoms with E-state index in [1.807, 2.05) is 0 Å². The average Bonchev–Trinajstić information content (AvgIpc) is 2.12.